The highest BCUT2D eigenvalue weighted by atomic mass is 32.2. The van der Waals surface area contributed by atoms with E-state index in [0.717, 1.165) is 18.5 Å². The number of rotatable bonds is 7. The van der Waals surface area contributed by atoms with Crippen molar-refractivity contribution in [1.82, 2.24) is 19.6 Å². The molecule has 0 radical (unpaired) electrons. The van der Waals surface area contributed by atoms with Gasteiger partial charge in [0, 0.05) is 31.9 Å². The lowest BCUT2D eigenvalue weighted by molar-refractivity contribution is 0.569. The van der Waals surface area contributed by atoms with E-state index in [1.165, 1.54) is 12.8 Å². The van der Waals surface area contributed by atoms with Crippen LogP contribution >= 0.6 is 0 Å². The van der Waals surface area contributed by atoms with E-state index in [1.807, 2.05) is 10.8 Å². The summed E-state index contributed by atoms with van der Waals surface area (Å²) in [7, 11) is -3.11. The number of hydrogen-bond acceptors (Lipinski definition) is 4. The topological polar surface area (TPSA) is 76.0 Å². The summed E-state index contributed by atoms with van der Waals surface area (Å²) in [6, 6.07) is 0.660. The molecule has 0 unspecified atom stereocenters. The molecule has 7 heteroatoms. The number of nitrogens with zero attached hydrogens (tertiary/aromatic N) is 2. The van der Waals surface area contributed by atoms with Crippen LogP contribution in [-0.2, 0) is 23.1 Å². The summed E-state index contributed by atoms with van der Waals surface area (Å²) in [5, 5.41) is 3.41. The Balaban J connectivity index is 1.80. The minimum atomic E-state index is -3.11. The van der Waals surface area contributed by atoms with Crippen molar-refractivity contribution in [2.75, 3.05) is 12.8 Å². The average molecular weight is 258 g/mol. The van der Waals surface area contributed by atoms with Crippen LogP contribution in [0.15, 0.2) is 12.5 Å². The van der Waals surface area contributed by atoms with Crippen molar-refractivity contribution in [3.63, 3.8) is 0 Å². The van der Waals surface area contributed by atoms with Crippen molar-refractivity contribution in [3.05, 3.63) is 18.2 Å². The molecule has 1 aliphatic carbocycles. The minimum absolute atomic E-state index is 0.394. The van der Waals surface area contributed by atoms with Gasteiger partial charge in [-0.3, -0.25) is 0 Å². The highest BCUT2D eigenvalue weighted by molar-refractivity contribution is 7.88. The Kier molecular flexibility index (Phi) is 3.80. The molecule has 0 bridgehead atoms. The van der Waals surface area contributed by atoms with E-state index < -0.39 is 10.0 Å². The van der Waals surface area contributed by atoms with E-state index in [9.17, 15) is 8.42 Å². The molecule has 2 N–H and O–H groups in total. The average Bonchev–Trinajstić information content (AvgIpc) is 2.95. The van der Waals surface area contributed by atoms with Gasteiger partial charge in [0.25, 0.3) is 0 Å². The van der Waals surface area contributed by atoms with E-state index >= 15 is 0 Å². The van der Waals surface area contributed by atoms with Gasteiger partial charge in [0.2, 0.25) is 10.0 Å². The maximum absolute atomic E-state index is 10.9. The lowest BCUT2D eigenvalue weighted by atomic mass is 10.4. The summed E-state index contributed by atoms with van der Waals surface area (Å²) in [6.07, 6.45) is 7.22. The second kappa shape index (κ2) is 5.16. The van der Waals surface area contributed by atoms with Gasteiger partial charge in [0.15, 0.2) is 0 Å². The van der Waals surface area contributed by atoms with Gasteiger partial charge in [-0.2, -0.15) is 0 Å². The molecule has 1 aliphatic rings. The van der Waals surface area contributed by atoms with Crippen LogP contribution in [0.25, 0.3) is 0 Å². The van der Waals surface area contributed by atoms with Crippen LogP contribution in [0.4, 0.5) is 0 Å². The summed E-state index contributed by atoms with van der Waals surface area (Å²) in [5.74, 6) is 0. The quantitative estimate of drug-likeness (QED) is 0.703. The van der Waals surface area contributed by atoms with Crippen molar-refractivity contribution in [3.8, 4) is 0 Å². The van der Waals surface area contributed by atoms with Gasteiger partial charge in [-0.25, -0.2) is 18.1 Å². The first-order chi connectivity index (χ1) is 8.04. The molecule has 0 aromatic carbocycles. The lowest BCUT2D eigenvalue weighted by Gasteiger charge is -2.08. The number of sulfonamides is 1. The van der Waals surface area contributed by atoms with Crippen LogP contribution in [0.2, 0.25) is 0 Å². The molecule has 0 amide bonds. The molecule has 1 saturated carbocycles. The minimum Gasteiger partial charge on any atom is -0.332 e. The van der Waals surface area contributed by atoms with Crippen LogP contribution in [0.1, 0.15) is 18.5 Å². The zero-order chi connectivity index (χ0) is 12.3. The predicted octanol–water partition coefficient (Wildman–Crippen LogP) is -0.316. The first-order valence-corrected chi connectivity index (χ1v) is 7.61. The number of nitrogens with one attached hydrogen (secondary N) is 2. The second-order valence-electron chi connectivity index (χ2n) is 4.40. The van der Waals surface area contributed by atoms with Crippen LogP contribution in [0.5, 0.6) is 0 Å². The molecule has 96 valence electrons. The van der Waals surface area contributed by atoms with E-state index in [1.54, 1.807) is 6.33 Å². The van der Waals surface area contributed by atoms with Gasteiger partial charge < -0.3 is 9.88 Å². The molecule has 0 aliphatic heterocycles. The molecular weight excluding hydrogens is 240 g/mol. The largest absolute Gasteiger partial charge is 0.332 e. The first-order valence-electron chi connectivity index (χ1n) is 5.71. The summed E-state index contributed by atoms with van der Waals surface area (Å²) >= 11 is 0. The standard InChI is InChI=1S/C10H18N4O2S/c1-17(15,16)13-4-5-14-8-11-6-10(14)7-12-9-2-3-9/h6,8-9,12-13H,2-5,7H2,1H3. The molecule has 6 nitrogen and oxygen atoms in total. The Morgan fingerprint density at radius 3 is 2.94 bits per heavy atom. The maximum Gasteiger partial charge on any atom is 0.208 e. The SMILES string of the molecule is CS(=O)(=O)NCCn1cncc1CNC1CC1. The molecule has 2 rings (SSSR count). The third-order valence-corrected chi connectivity index (χ3v) is 3.39. The summed E-state index contributed by atoms with van der Waals surface area (Å²) in [6.45, 7) is 1.80. The molecule has 17 heavy (non-hydrogen) atoms. The van der Waals surface area contributed by atoms with Crippen LogP contribution in [-0.4, -0.2) is 36.8 Å². The van der Waals surface area contributed by atoms with Crippen LogP contribution in [0, 0.1) is 0 Å². The third-order valence-electron chi connectivity index (χ3n) is 2.66. The van der Waals surface area contributed by atoms with Gasteiger partial charge in [0.05, 0.1) is 18.3 Å². The Hall–Kier alpha value is -0.920. The van der Waals surface area contributed by atoms with Gasteiger partial charge in [-0.15, -0.1) is 0 Å². The fourth-order valence-corrected chi connectivity index (χ4v) is 2.05. The summed E-state index contributed by atoms with van der Waals surface area (Å²) in [5.41, 5.74) is 1.09. The number of imidazole rings is 1. The highest BCUT2D eigenvalue weighted by Gasteiger charge is 2.20. The van der Waals surface area contributed by atoms with E-state index in [0.29, 0.717) is 19.1 Å². The van der Waals surface area contributed by atoms with Gasteiger partial charge >= 0.3 is 0 Å². The third kappa shape index (κ3) is 4.45. The van der Waals surface area contributed by atoms with Crippen molar-refractivity contribution < 1.29 is 8.42 Å². The van der Waals surface area contributed by atoms with Gasteiger partial charge in [0.1, 0.15) is 0 Å². The van der Waals surface area contributed by atoms with E-state index in [-0.39, 0.29) is 0 Å². The Morgan fingerprint density at radius 1 is 1.53 bits per heavy atom. The normalized spacial score (nSPS) is 16.3. The van der Waals surface area contributed by atoms with Crippen molar-refractivity contribution in [2.24, 2.45) is 0 Å². The zero-order valence-electron chi connectivity index (χ0n) is 9.89. The number of hydrogen-bond donors (Lipinski definition) is 2. The lowest BCUT2D eigenvalue weighted by Crippen LogP contribution is -2.27. The molecule has 1 aromatic rings. The predicted molar refractivity (Wildman–Crippen MR) is 64.9 cm³/mol. The fraction of sp³-hybridized carbons (Fsp3) is 0.700. The zero-order valence-corrected chi connectivity index (χ0v) is 10.7. The van der Waals surface area contributed by atoms with Crippen molar-refractivity contribution in [2.45, 2.75) is 32.0 Å². The Bertz CT molecular complexity index is 464. The van der Waals surface area contributed by atoms with E-state index in [2.05, 4.69) is 15.0 Å². The van der Waals surface area contributed by atoms with Crippen LogP contribution in [0.3, 0.4) is 0 Å². The van der Waals surface area contributed by atoms with Gasteiger partial charge in [-0.05, 0) is 12.8 Å². The van der Waals surface area contributed by atoms with E-state index in [4.69, 9.17) is 0 Å². The molecule has 1 fully saturated rings. The smallest absolute Gasteiger partial charge is 0.208 e. The summed E-state index contributed by atoms with van der Waals surface area (Å²) in [4.78, 5) is 4.08. The Morgan fingerprint density at radius 2 is 2.29 bits per heavy atom. The Labute approximate surface area is 101 Å². The van der Waals surface area contributed by atoms with Crippen molar-refractivity contribution in [1.29, 1.82) is 0 Å². The van der Waals surface area contributed by atoms with Crippen LogP contribution < -0.4 is 10.0 Å². The summed E-state index contributed by atoms with van der Waals surface area (Å²) < 4.78 is 26.3. The number of aromatic nitrogens is 2. The highest BCUT2D eigenvalue weighted by Crippen LogP contribution is 2.19. The maximum atomic E-state index is 10.9. The molecule has 1 aromatic heterocycles. The fourth-order valence-electron chi connectivity index (χ4n) is 1.58. The molecular formula is C10H18N4O2S. The van der Waals surface area contributed by atoms with Crippen molar-refractivity contribution >= 4 is 10.0 Å². The second-order valence-corrected chi connectivity index (χ2v) is 6.23. The molecule has 0 saturated heterocycles. The van der Waals surface area contributed by atoms with Gasteiger partial charge in [-0.1, -0.05) is 0 Å². The first kappa shape index (κ1) is 12.5. The monoisotopic (exact) mass is 258 g/mol. The molecule has 0 atom stereocenters. The molecule has 1 heterocycles. The molecule has 0 spiro atoms.